The zero-order chi connectivity index (χ0) is 23.2. The minimum absolute atomic E-state index is 0.117. The van der Waals surface area contributed by atoms with Crippen LogP contribution in [-0.4, -0.2) is 23.8 Å². The van der Waals surface area contributed by atoms with Crippen LogP contribution in [0.1, 0.15) is 65.9 Å². The molecule has 1 heterocycles. The number of hydrogen-bond donors (Lipinski definition) is 0. The molecule has 0 amide bonds. The minimum atomic E-state index is -0.784. The van der Waals surface area contributed by atoms with Gasteiger partial charge < -0.3 is 9.47 Å². The lowest BCUT2D eigenvalue weighted by Gasteiger charge is -2.57. The fourth-order valence-electron chi connectivity index (χ4n) is 8.69. The molecule has 174 valence electrons. The van der Waals surface area contributed by atoms with E-state index in [4.69, 9.17) is 9.47 Å². The van der Waals surface area contributed by atoms with Gasteiger partial charge in [-0.25, -0.2) is 0 Å². The zero-order valence-corrected chi connectivity index (χ0v) is 20.6. The number of ether oxygens (including phenoxy) is 2. The number of carbonyl (C=O) groups is 1. The SMILES string of the molecule is CC(=O)[C@@]12OC(C)O[C@H]1C[C@H]1[C@@H]3C=C(C)C4=CC(c5ccccc5)=CC[C@]4(C)[C@H]3CC[C@@]12C. The fraction of sp³-hybridized carbons (Fsp3) is 0.567. The highest BCUT2D eigenvalue weighted by Crippen LogP contribution is 2.69. The van der Waals surface area contributed by atoms with Crippen molar-refractivity contribution in [2.75, 3.05) is 0 Å². The van der Waals surface area contributed by atoms with Crippen LogP contribution in [-0.2, 0) is 14.3 Å². The van der Waals surface area contributed by atoms with Gasteiger partial charge in [-0.1, -0.05) is 68.0 Å². The van der Waals surface area contributed by atoms with Crippen molar-refractivity contribution in [1.82, 2.24) is 0 Å². The number of hydrogen-bond acceptors (Lipinski definition) is 3. The lowest BCUT2D eigenvalue weighted by molar-refractivity contribution is -0.175. The van der Waals surface area contributed by atoms with Gasteiger partial charge >= 0.3 is 0 Å². The van der Waals surface area contributed by atoms with Crippen LogP contribution >= 0.6 is 0 Å². The van der Waals surface area contributed by atoms with E-state index in [2.05, 4.69) is 69.3 Å². The smallest absolute Gasteiger partial charge is 0.164 e. The molecule has 0 aromatic heterocycles. The first kappa shape index (κ1) is 21.6. The standard InChI is InChI=1S/C30H36O3/c1-18-15-23-24(28(4)13-11-22(16-25(18)28)21-9-7-6-8-10-21)12-14-29(5)26(23)17-27-30(29,19(2)31)33-20(3)32-27/h6-11,15-16,20,23-24,26-27H,12-14,17H2,1-5H3/t20?,23-,24+,26+,27+,28-,29+,30-/m1/s1. The summed E-state index contributed by atoms with van der Waals surface area (Å²) in [4.78, 5) is 13.1. The molecule has 0 N–H and O–H groups in total. The monoisotopic (exact) mass is 444 g/mol. The summed E-state index contributed by atoms with van der Waals surface area (Å²) >= 11 is 0. The van der Waals surface area contributed by atoms with E-state index in [9.17, 15) is 4.79 Å². The average Bonchev–Trinajstić information content (AvgIpc) is 3.25. The van der Waals surface area contributed by atoms with Gasteiger partial charge in [-0.3, -0.25) is 4.79 Å². The molecule has 5 aliphatic rings. The molecule has 2 saturated carbocycles. The Bertz CT molecular complexity index is 1100. The van der Waals surface area contributed by atoms with Crippen LogP contribution in [0.15, 0.2) is 59.7 Å². The third-order valence-corrected chi connectivity index (χ3v) is 10.2. The van der Waals surface area contributed by atoms with Crippen molar-refractivity contribution in [3.8, 4) is 0 Å². The van der Waals surface area contributed by atoms with Gasteiger partial charge in [-0.15, -0.1) is 0 Å². The topological polar surface area (TPSA) is 35.5 Å². The van der Waals surface area contributed by atoms with Gasteiger partial charge in [0.2, 0.25) is 0 Å². The number of ketones is 1. The molecule has 3 fully saturated rings. The van der Waals surface area contributed by atoms with Crippen molar-refractivity contribution in [3.63, 3.8) is 0 Å². The third-order valence-electron chi connectivity index (χ3n) is 10.2. The number of carbonyl (C=O) groups excluding carboxylic acids is 1. The molecule has 8 atom stereocenters. The van der Waals surface area contributed by atoms with E-state index in [1.807, 2.05) is 6.92 Å². The summed E-state index contributed by atoms with van der Waals surface area (Å²) in [5, 5.41) is 0. The number of rotatable bonds is 2. The number of Topliss-reactive ketones (excluding diaryl/α,β-unsaturated/α-hetero) is 1. The van der Waals surface area contributed by atoms with Gasteiger partial charge in [0.05, 0.1) is 6.10 Å². The molecule has 0 spiro atoms. The van der Waals surface area contributed by atoms with Crippen LogP contribution in [0.25, 0.3) is 5.57 Å². The quantitative estimate of drug-likeness (QED) is 0.522. The van der Waals surface area contributed by atoms with E-state index in [1.54, 1.807) is 6.92 Å². The van der Waals surface area contributed by atoms with Gasteiger partial charge in [0.1, 0.15) is 0 Å². The van der Waals surface area contributed by atoms with Crippen molar-refractivity contribution in [2.45, 2.75) is 78.3 Å². The summed E-state index contributed by atoms with van der Waals surface area (Å²) in [7, 11) is 0. The maximum absolute atomic E-state index is 13.1. The molecule has 3 nitrogen and oxygen atoms in total. The van der Waals surface area contributed by atoms with Crippen LogP contribution in [0.5, 0.6) is 0 Å². The molecule has 33 heavy (non-hydrogen) atoms. The lowest BCUT2D eigenvalue weighted by atomic mass is 9.47. The third kappa shape index (κ3) is 2.67. The highest BCUT2D eigenvalue weighted by molar-refractivity contribution is 5.88. The highest BCUT2D eigenvalue weighted by atomic mass is 16.7. The predicted octanol–water partition coefficient (Wildman–Crippen LogP) is 6.51. The maximum Gasteiger partial charge on any atom is 0.164 e. The molecule has 0 radical (unpaired) electrons. The second-order valence-corrected chi connectivity index (χ2v) is 11.6. The van der Waals surface area contributed by atoms with Gasteiger partial charge in [0.15, 0.2) is 17.7 Å². The average molecular weight is 445 g/mol. The first-order valence-corrected chi connectivity index (χ1v) is 12.7. The molecule has 0 bridgehead atoms. The van der Waals surface area contributed by atoms with Gasteiger partial charge in [0, 0.05) is 5.41 Å². The lowest BCUT2D eigenvalue weighted by Crippen LogP contribution is -2.59. The first-order valence-electron chi connectivity index (χ1n) is 12.7. The fourth-order valence-corrected chi connectivity index (χ4v) is 8.69. The van der Waals surface area contributed by atoms with Crippen molar-refractivity contribution < 1.29 is 14.3 Å². The minimum Gasteiger partial charge on any atom is -0.346 e. The second-order valence-electron chi connectivity index (χ2n) is 11.6. The van der Waals surface area contributed by atoms with E-state index < -0.39 is 5.60 Å². The summed E-state index contributed by atoms with van der Waals surface area (Å²) in [5.74, 6) is 1.60. The Labute approximate surface area is 197 Å². The Morgan fingerprint density at radius 1 is 1.12 bits per heavy atom. The summed E-state index contributed by atoms with van der Waals surface area (Å²) in [6.07, 6.45) is 11.2. The normalized spacial score (nSPS) is 45.7. The highest BCUT2D eigenvalue weighted by Gasteiger charge is 2.73. The van der Waals surface area contributed by atoms with E-state index in [0.717, 1.165) is 25.7 Å². The molecular formula is C30H36O3. The molecular weight excluding hydrogens is 408 g/mol. The zero-order valence-electron chi connectivity index (χ0n) is 20.6. The van der Waals surface area contributed by atoms with Crippen molar-refractivity contribution in [2.24, 2.45) is 28.6 Å². The summed E-state index contributed by atoms with van der Waals surface area (Å²) in [6, 6.07) is 10.7. The number of fused-ring (bicyclic) bond motifs is 7. The van der Waals surface area contributed by atoms with E-state index >= 15 is 0 Å². The number of benzene rings is 1. The van der Waals surface area contributed by atoms with E-state index in [1.165, 1.54) is 22.3 Å². The summed E-state index contributed by atoms with van der Waals surface area (Å²) < 4.78 is 12.6. The van der Waals surface area contributed by atoms with Crippen molar-refractivity contribution in [1.29, 1.82) is 0 Å². The van der Waals surface area contributed by atoms with Crippen LogP contribution in [0.2, 0.25) is 0 Å². The Balaban J connectivity index is 1.41. The van der Waals surface area contributed by atoms with Crippen LogP contribution < -0.4 is 0 Å². The summed E-state index contributed by atoms with van der Waals surface area (Å²) in [6.45, 7) is 10.8. The van der Waals surface area contributed by atoms with Gasteiger partial charge in [0.25, 0.3) is 0 Å². The predicted molar refractivity (Wildman–Crippen MR) is 130 cm³/mol. The summed E-state index contributed by atoms with van der Waals surface area (Å²) in [5.41, 5.74) is 4.74. The Hall–Kier alpha value is -1.97. The second kappa shape index (κ2) is 7.02. The molecule has 1 aromatic carbocycles. The Morgan fingerprint density at radius 3 is 2.61 bits per heavy atom. The molecule has 3 heteroatoms. The molecule has 1 saturated heterocycles. The first-order chi connectivity index (χ1) is 15.7. The Morgan fingerprint density at radius 2 is 1.88 bits per heavy atom. The maximum atomic E-state index is 13.1. The van der Waals surface area contributed by atoms with E-state index in [0.29, 0.717) is 17.8 Å². The Kier molecular flexibility index (Phi) is 4.59. The molecule has 6 rings (SSSR count). The van der Waals surface area contributed by atoms with E-state index in [-0.39, 0.29) is 29.0 Å². The molecule has 1 aromatic rings. The molecule has 4 aliphatic carbocycles. The molecule has 1 unspecified atom stereocenters. The van der Waals surface area contributed by atoms with Crippen LogP contribution in [0.3, 0.4) is 0 Å². The van der Waals surface area contributed by atoms with Gasteiger partial charge in [-0.05, 0) is 86.3 Å². The van der Waals surface area contributed by atoms with Crippen molar-refractivity contribution >= 4 is 11.4 Å². The molecule has 1 aliphatic heterocycles. The number of allylic oxidation sites excluding steroid dienone is 6. The van der Waals surface area contributed by atoms with Crippen molar-refractivity contribution in [3.05, 3.63) is 65.3 Å². The van der Waals surface area contributed by atoms with Crippen LogP contribution in [0.4, 0.5) is 0 Å². The van der Waals surface area contributed by atoms with Gasteiger partial charge in [-0.2, -0.15) is 0 Å². The van der Waals surface area contributed by atoms with Crippen LogP contribution in [0, 0.1) is 28.6 Å². The largest absolute Gasteiger partial charge is 0.346 e.